The van der Waals surface area contributed by atoms with Crippen LogP contribution in [0.3, 0.4) is 0 Å². The largest absolute Gasteiger partial charge is 0.451 e. The van der Waals surface area contributed by atoms with Crippen molar-refractivity contribution in [1.29, 1.82) is 0 Å². The Morgan fingerprint density at radius 1 is 1.24 bits per heavy atom. The average molecular weight is 416 g/mol. The molecule has 0 aliphatic carbocycles. The number of nitrogens with zero attached hydrogens (tertiary/aromatic N) is 1. The lowest BCUT2D eigenvalue weighted by molar-refractivity contribution is -0.127. The Balaban J connectivity index is 1.91. The minimum atomic E-state index is 0.0981. The third kappa shape index (κ3) is 4.61. The van der Waals surface area contributed by atoms with Crippen LogP contribution < -0.4 is 5.32 Å². The zero-order chi connectivity index (χ0) is 15.4. The van der Waals surface area contributed by atoms with Crippen LogP contribution in [0, 0.1) is 0 Å². The van der Waals surface area contributed by atoms with E-state index >= 15 is 0 Å². The summed E-state index contributed by atoms with van der Waals surface area (Å²) in [6, 6.07) is 9.76. The fraction of sp³-hybridized carbons (Fsp3) is 0.267. The van der Waals surface area contributed by atoms with Crippen molar-refractivity contribution in [3.63, 3.8) is 0 Å². The van der Waals surface area contributed by atoms with Crippen molar-refractivity contribution in [3.05, 3.63) is 50.8 Å². The summed E-state index contributed by atoms with van der Waals surface area (Å²) < 4.78 is 7.09. The van der Waals surface area contributed by atoms with E-state index in [0.29, 0.717) is 17.6 Å². The van der Waals surface area contributed by atoms with Gasteiger partial charge in [-0.2, -0.15) is 0 Å². The molecule has 1 amide bonds. The molecular formula is C15H16Br2N2O2. The molecule has 0 saturated carbocycles. The van der Waals surface area contributed by atoms with Crippen molar-refractivity contribution in [3.8, 4) is 0 Å². The van der Waals surface area contributed by atoms with Crippen LogP contribution >= 0.6 is 31.9 Å². The van der Waals surface area contributed by atoms with Crippen molar-refractivity contribution >= 4 is 43.5 Å². The van der Waals surface area contributed by atoms with Crippen molar-refractivity contribution in [2.75, 3.05) is 19.4 Å². The molecule has 6 heteroatoms. The molecule has 1 heterocycles. The summed E-state index contributed by atoms with van der Waals surface area (Å²) in [5, 5.41) is 3.27. The Kier molecular flexibility index (Phi) is 5.47. The van der Waals surface area contributed by atoms with Crippen LogP contribution in [0.4, 0.5) is 5.69 Å². The predicted molar refractivity (Wildman–Crippen MR) is 90.3 cm³/mol. The normalized spacial score (nSPS) is 10.5. The number of amides is 1. The molecule has 2 aromatic rings. The van der Waals surface area contributed by atoms with Crippen LogP contribution in [0.25, 0.3) is 0 Å². The van der Waals surface area contributed by atoms with Gasteiger partial charge < -0.3 is 14.6 Å². The van der Waals surface area contributed by atoms with Crippen LogP contribution in [0.1, 0.15) is 11.3 Å². The highest BCUT2D eigenvalue weighted by atomic mass is 79.9. The first-order valence-corrected chi connectivity index (χ1v) is 8.01. The van der Waals surface area contributed by atoms with E-state index in [4.69, 9.17) is 4.42 Å². The smallest absolute Gasteiger partial charge is 0.226 e. The van der Waals surface area contributed by atoms with Crippen molar-refractivity contribution in [2.45, 2.75) is 13.0 Å². The summed E-state index contributed by atoms with van der Waals surface area (Å²) in [7, 11) is 3.52. The maximum Gasteiger partial charge on any atom is 0.226 e. The van der Waals surface area contributed by atoms with Gasteiger partial charge in [0.1, 0.15) is 5.76 Å². The molecule has 0 spiro atoms. The van der Waals surface area contributed by atoms with E-state index < -0.39 is 0 Å². The number of hydrogen-bond donors (Lipinski definition) is 1. The van der Waals surface area contributed by atoms with Gasteiger partial charge in [0, 0.05) is 19.8 Å². The summed E-state index contributed by atoms with van der Waals surface area (Å²) in [6.07, 6.45) is 0.422. The number of rotatable bonds is 5. The number of carbonyl (C=O) groups is 1. The van der Waals surface area contributed by atoms with Gasteiger partial charge in [-0.3, -0.25) is 4.79 Å². The lowest BCUT2D eigenvalue weighted by Gasteiger charge is -2.10. The summed E-state index contributed by atoms with van der Waals surface area (Å²) in [4.78, 5) is 13.2. The van der Waals surface area contributed by atoms with Crippen molar-refractivity contribution in [1.82, 2.24) is 4.90 Å². The fourth-order valence-electron chi connectivity index (χ4n) is 1.74. The minimum Gasteiger partial charge on any atom is -0.451 e. The number of benzene rings is 1. The fourth-order valence-corrected chi connectivity index (χ4v) is 2.40. The molecule has 21 heavy (non-hydrogen) atoms. The van der Waals surface area contributed by atoms with Crippen LogP contribution in [-0.2, 0) is 17.8 Å². The van der Waals surface area contributed by atoms with Gasteiger partial charge in [0.2, 0.25) is 5.91 Å². The SMILES string of the molecule is CN(C)C(=O)Cc1ccc(NCc2cc(Br)c(Br)o2)cc1. The molecule has 0 bridgehead atoms. The van der Waals surface area contributed by atoms with Crippen molar-refractivity contribution in [2.24, 2.45) is 0 Å². The maximum absolute atomic E-state index is 11.6. The molecule has 0 unspecified atom stereocenters. The van der Waals surface area contributed by atoms with Crippen LogP contribution in [0.5, 0.6) is 0 Å². The molecule has 1 aromatic heterocycles. The Hall–Kier alpha value is -1.27. The topological polar surface area (TPSA) is 45.5 Å². The van der Waals surface area contributed by atoms with E-state index in [9.17, 15) is 4.79 Å². The Morgan fingerprint density at radius 2 is 1.90 bits per heavy atom. The molecule has 1 aromatic carbocycles. The number of hydrogen-bond acceptors (Lipinski definition) is 3. The quantitative estimate of drug-likeness (QED) is 0.801. The highest BCUT2D eigenvalue weighted by Crippen LogP contribution is 2.27. The molecule has 1 N–H and O–H groups in total. The van der Waals surface area contributed by atoms with Gasteiger partial charge in [0.05, 0.1) is 17.4 Å². The molecular weight excluding hydrogens is 400 g/mol. The number of furan rings is 1. The second-order valence-electron chi connectivity index (χ2n) is 4.85. The summed E-state index contributed by atoms with van der Waals surface area (Å²) in [5.74, 6) is 0.932. The number of anilines is 1. The van der Waals surface area contributed by atoms with Gasteiger partial charge in [-0.05, 0) is 55.6 Å². The average Bonchev–Trinajstić information content (AvgIpc) is 2.77. The third-order valence-electron chi connectivity index (χ3n) is 2.97. The lowest BCUT2D eigenvalue weighted by Crippen LogP contribution is -2.23. The van der Waals surface area contributed by atoms with Gasteiger partial charge in [0.25, 0.3) is 0 Å². The van der Waals surface area contributed by atoms with E-state index in [1.807, 2.05) is 30.3 Å². The number of carbonyl (C=O) groups excluding carboxylic acids is 1. The molecule has 0 atom stereocenters. The molecule has 0 fully saturated rings. The number of nitrogens with one attached hydrogen (secondary N) is 1. The van der Waals surface area contributed by atoms with Crippen LogP contribution in [-0.4, -0.2) is 24.9 Å². The Labute approximate surface area is 140 Å². The summed E-state index contributed by atoms with van der Waals surface area (Å²) >= 11 is 6.69. The van der Waals surface area contributed by atoms with E-state index in [1.165, 1.54) is 0 Å². The van der Waals surface area contributed by atoms with Crippen LogP contribution in [0.15, 0.2) is 43.9 Å². The van der Waals surface area contributed by atoms with E-state index in [2.05, 4.69) is 37.2 Å². The summed E-state index contributed by atoms with van der Waals surface area (Å²) in [5.41, 5.74) is 1.99. The van der Waals surface area contributed by atoms with Gasteiger partial charge in [-0.15, -0.1) is 0 Å². The van der Waals surface area contributed by atoms with E-state index in [-0.39, 0.29) is 5.91 Å². The Bertz CT molecular complexity index is 602. The van der Waals surface area contributed by atoms with Gasteiger partial charge in [0.15, 0.2) is 4.67 Å². The van der Waals surface area contributed by atoms with E-state index in [0.717, 1.165) is 21.5 Å². The van der Waals surface area contributed by atoms with Gasteiger partial charge in [-0.25, -0.2) is 0 Å². The van der Waals surface area contributed by atoms with Gasteiger partial charge >= 0.3 is 0 Å². The molecule has 2 rings (SSSR count). The monoisotopic (exact) mass is 414 g/mol. The standard InChI is InChI=1S/C15H16Br2N2O2/c1-19(2)14(20)7-10-3-5-11(6-4-10)18-9-12-8-13(16)15(17)21-12/h3-6,8,18H,7,9H2,1-2H3. The number of likely N-dealkylation sites (N-methyl/N-ethyl adjacent to an activating group) is 1. The zero-order valence-corrected chi connectivity index (χ0v) is 15.0. The zero-order valence-electron chi connectivity index (χ0n) is 11.8. The molecule has 4 nitrogen and oxygen atoms in total. The second-order valence-corrected chi connectivity index (χ2v) is 6.42. The first kappa shape index (κ1) is 16.1. The Morgan fingerprint density at radius 3 is 2.43 bits per heavy atom. The molecule has 112 valence electrons. The highest BCUT2D eigenvalue weighted by molar-refractivity contribution is 9.13. The van der Waals surface area contributed by atoms with Gasteiger partial charge in [-0.1, -0.05) is 12.1 Å². The van der Waals surface area contributed by atoms with Crippen molar-refractivity contribution < 1.29 is 9.21 Å². The highest BCUT2D eigenvalue weighted by Gasteiger charge is 2.07. The molecule has 0 aliphatic rings. The van der Waals surface area contributed by atoms with E-state index in [1.54, 1.807) is 19.0 Å². The first-order valence-electron chi connectivity index (χ1n) is 6.42. The maximum atomic E-state index is 11.6. The predicted octanol–water partition coefficient (Wildman–Crippen LogP) is 4.05. The lowest BCUT2D eigenvalue weighted by atomic mass is 10.1. The molecule has 0 aliphatic heterocycles. The molecule has 0 saturated heterocycles. The minimum absolute atomic E-state index is 0.0981. The number of halogens is 2. The second kappa shape index (κ2) is 7.13. The molecule has 0 radical (unpaired) electrons. The third-order valence-corrected chi connectivity index (χ3v) is 4.68. The first-order chi connectivity index (χ1) is 9.95. The van der Waals surface area contributed by atoms with Crippen LogP contribution in [0.2, 0.25) is 0 Å². The summed E-state index contributed by atoms with van der Waals surface area (Å²) in [6.45, 7) is 0.597.